The first-order valence-corrected chi connectivity index (χ1v) is 12.4. The van der Waals surface area contributed by atoms with Crippen LogP contribution < -0.4 is 10.6 Å². The van der Waals surface area contributed by atoms with Gasteiger partial charge >= 0.3 is 12.1 Å². The summed E-state index contributed by atoms with van der Waals surface area (Å²) >= 11 is 0. The van der Waals surface area contributed by atoms with Crippen LogP contribution in [0.1, 0.15) is 77.5 Å². The quantitative estimate of drug-likeness (QED) is 0.293. The molecule has 1 unspecified atom stereocenters. The number of unbranched alkanes of at least 4 members (excludes halogenated alkanes) is 2. The molecule has 0 aliphatic rings. The van der Waals surface area contributed by atoms with Crippen molar-refractivity contribution in [3.63, 3.8) is 0 Å². The van der Waals surface area contributed by atoms with Crippen molar-refractivity contribution in [1.29, 1.82) is 0 Å². The molecular weight excluding hydrogens is 462 g/mol. The number of hydrogen-bond acceptors (Lipinski definition) is 6. The Bertz CT molecular complexity index is 894. The smallest absolute Gasteiger partial charge is 0.408 e. The van der Waals surface area contributed by atoms with Crippen molar-refractivity contribution in [1.82, 2.24) is 15.5 Å². The molecule has 1 atom stereocenters. The molecule has 1 aromatic rings. The van der Waals surface area contributed by atoms with E-state index < -0.39 is 35.5 Å². The number of hydrogen-bond donors (Lipinski definition) is 2. The lowest BCUT2D eigenvalue weighted by molar-refractivity contribution is -0.143. The minimum Gasteiger partial charge on any atom is -0.466 e. The fourth-order valence-corrected chi connectivity index (χ4v) is 3.44. The number of esters is 1. The molecule has 0 saturated carbocycles. The standard InChI is InChI=1S/C27H41N3O6/c1-7-10-11-17-30(22(31)19-29-26(34)36-27(4,5)6)24(21-14-12-13-20(8-2)18-21)25(33)28-16-15-23(32)35-9-3/h8,12-14,18,24H,2,7,9-11,15-17,19H2,1,3-6H3,(H,28,33)(H,29,34). The number of nitrogens with one attached hydrogen (secondary N) is 2. The van der Waals surface area contributed by atoms with Crippen molar-refractivity contribution < 1.29 is 28.7 Å². The lowest BCUT2D eigenvalue weighted by Crippen LogP contribution is -2.48. The van der Waals surface area contributed by atoms with Crippen molar-refractivity contribution in [2.24, 2.45) is 0 Å². The second-order valence-electron chi connectivity index (χ2n) is 9.27. The number of carbonyl (C=O) groups excluding carboxylic acids is 4. The molecule has 0 heterocycles. The van der Waals surface area contributed by atoms with Crippen LogP contribution in [-0.2, 0) is 23.9 Å². The lowest BCUT2D eigenvalue weighted by atomic mass is 10.0. The zero-order chi connectivity index (χ0) is 27.1. The van der Waals surface area contributed by atoms with Gasteiger partial charge in [-0.15, -0.1) is 0 Å². The first-order valence-electron chi connectivity index (χ1n) is 12.4. The van der Waals surface area contributed by atoms with Gasteiger partial charge < -0.3 is 25.0 Å². The van der Waals surface area contributed by atoms with Crippen molar-refractivity contribution in [2.75, 3.05) is 26.2 Å². The van der Waals surface area contributed by atoms with Crippen molar-refractivity contribution in [3.8, 4) is 0 Å². The summed E-state index contributed by atoms with van der Waals surface area (Å²) in [5.41, 5.74) is 0.688. The predicted octanol–water partition coefficient (Wildman–Crippen LogP) is 3.98. The third kappa shape index (κ3) is 11.4. The molecule has 0 radical (unpaired) electrons. The summed E-state index contributed by atoms with van der Waals surface area (Å²) in [6, 6.07) is 6.24. The van der Waals surface area contributed by atoms with Crippen LogP contribution in [0.15, 0.2) is 30.8 Å². The van der Waals surface area contributed by atoms with Crippen molar-refractivity contribution in [3.05, 3.63) is 42.0 Å². The van der Waals surface area contributed by atoms with E-state index >= 15 is 0 Å². The molecule has 3 amide bonds. The van der Waals surface area contributed by atoms with E-state index in [-0.39, 0.29) is 26.1 Å². The van der Waals surface area contributed by atoms with E-state index in [0.717, 1.165) is 18.4 Å². The minimum absolute atomic E-state index is 0.0168. The fourth-order valence-electron chi connectivity index (χ4n) is 3.44. The highest BCUT2D eigenvalue weighted by atomic mass is 16.6. The average Bonchev–Trinajstić information content (AvgIpc) is 2.81. The molecule has 2 N–H and O–H groups in total. The molecule has 0 aliphatic carbocycles. The molecule has 36 heavy (non-hydrogen) atoms. The van der Waals surface area contributed by atoms with E-state index in [9.17, 15) is 19.2 Å². The zero-order valence-corrected chi connectivity index (χ0v) is 22.2. The monoisotopic (exact) mass is 503 g/mol. The predicted molar refractivity (Wildman–Crippen MR) is 139 cm³/mol. The van der Waals surface area contributed by atoms with E-state index in [1.807, 2.05) is 13.0 Å². The first-order chi connectivity index (χ1) is 17.0. The van der Waals surface area contributed by atoms with Gasteiger partial charge in [0.2, 0.25) is 11.8 Å². The molecule has 9 nitrogen and oxygen atoms in total. The fraction of sp³-hybridized carbons (Fsp3) is 0.556. The van der Waals surface area contributed by atoms with Gasteiger partial charge in [0, 0.05) is 13.1 Å². The van der Waals surface area contributed by atoms with Gasteiger partial charge in [-0.05, 0) is 51.3 Å². The number of nitrogens with zero attached hydrogens (tertiary/aromatic N) is 1. The molecule has 0 saturated heterocycles. The maximum Gasteiger partial charge on any atom is 0.408 e. The highest BCUT2D eigenvalue weighted by molar-refractivity contribution is 5.90. The maximum atomic E-state index is 13.4. The summed E-state index contributed by atoms with van der Waals surface area (Å²) in [4.78, 5) is 52.0. The number of benzene rings is 1. The Balaban J connectivity index is 3.19. The van der Waals surface area contributed by atoms with Gasteiger partial charge in [-0.1, -0.05) is 50.6 Å². The summed E-state index contributed by atoms with van der Waals surface area (Å²) in [6.45, 7) is 13.1. The Morgan fingerprint density at radius 3 is 2.44 bits per heavy atom. The van der Waals surface area contributed by atoms with Gasteiger partial charge in [0.15, 0.2) is 0 Å². The minimum atomic E-state index is -0.961. The molecule has 0 bridgehead atoms. The van der Waals surface area contributed by atoms with Crippen LogP contribution in [0.4, 0.5) is 4.79 Å². The van der Waals surface area contributed by atoms with Crippen LogP contribution in [0.25, 0.3) is 6.08 Å². The van der Waals surface area contributed by atoms with Crippen LogP contribution in [0.2, 0.25) is 0 Å². The van der Waals surface area contributed by atoms with E-state index in [1.165, 1.54) is 4.90 Å². The topological polar surface area (TPSA) is 114 Å². The zero-order valence-electron chi connectivity index (χ0n) is 22.2. The highest BCUT2D eigenvalue weighted by Gasteiger charge is 2.31. The van der Waals surface area contributed by atoms with E-state index in [2.05, 4.69) is 17.2 Å². The summed E-state index contributed by atoms with van der Waals surface area (Å²) in [6.07, 6.45) is 3.44. The summed E-state index contributed by atoms with van der Waals surface area (Å²) in [5.74, 6) is -1.27. The molecule has 0 fully saturated rings. The van der Waals surface area contributed by atoms with Crippen molar-refractivity contribution >= 4 is 30.0 Å². The van der Waals surface area contributed by atoms with Crippen LogP contribution in [0.5, 0.6) is 0 Å². The van der Waals surface area contributed by atoms with Gasteiger partial charge in [0.25, 0.3) is 0 Å². The second kappa shape index (κ2) is 15.6. The van der Waals surface area contributed by atoms with E-state index in [4.69, 9.17) is 9.47 Å². The third-order valence-electron chi connectivity index (χ3n) is 5.06. The van der Waals surface area contributed by atoms with Crippen molar-refractivity contribution in [2.45, 2.75) is 71.9 Å². The molecule has 0 aliphatic heterocycles. The van der Waals surface area contributed by atoms with Crippen LogP contribution in [0.3, 0.4) is 0 Å². The van der Waals surface area contributed by atoms with Crippen LogP contribution >= 0.6 is 0 Å². The SMILES string of the molecule is C=Cc1cccc(C(C(=O)NCCC(=O)OCC)N(CCCCC)C(=O)CNC(=O)OC(C)(C)C)c1. The Morgan fingerprint density at radius 2 is 1.83 bits per heavy atom. The summed E-state index contributed by atoms with van der Waals surface area (Å²) in [7, 11) is 0. The average molecular weight is 504 g/mol. The first kappa shape index (κ1) is 30.7. The number of amides is 3. The van der Waals surface area contributed by atoms with E-state index in [1.54, 1.807) is 52.0 Å². The normalized spacial score (nSPS) is 11.7. The molecule has 1 rings (SSSR count). The number of rotatable bonds is 14. The largest absolute Gasteiger partial charge is 0.466 e. The Labute approximate surface area is 214 Å². The summed E-state index contributed by atoms with van der Waals surface area (Å²) in [5, 5.41) is 5.25. The number of alkyl carbamates (subject to hydrolysis) is 1. The third-order valence-corrected chi connectivity index (χ3v) is 5.06. The number of carbonyl (C=O) groups is 4. The highest BCUT2D eigenvalue weighted by Crippen LogP contribution is 2.24. The number of ether oxygens (including phenoxy) is 2. The second-order valence-corrected chi connectivity index (χ2v) is 9.27. The van der Waals surface area contributed by atoms with Crippen LogP contribution in [0, 0.1) is 0 Å². The lowest BCUT2D eigenvalue weighted by Gasteiger charge is -2.32. The Kier molecular flexibility index (Phi) is 13.3. The maximum absolute atomic E-state index is 13.4. The van der Waals surface area contributed by atoms with Gasteiger partial charge in [0.05, 0.1) is 13.0 Å². The molecule has 200 valence electrons. The van der Waals surface area contributed by atoms with Gasteiger partial charge in [0.1, 0.15) is 18.2 Å². The Hall–Kier alpha value is -3.36. The Morgan fingerprint density at radius 1 is 1.11 bits per heavy atom. The molecule has 9 heteroatoms. The summed E-state index contributed by atoms with van der Waals surface area (Å²) < 4.78 is 10.2. The molecule has 1 aromatic carbocycles. The van der Waals surface area contributed by atoms with Gasteiger partial charge in [-0.25, -0.2) is 4.79 Å². The van der Waals surface area contributed by atoms with E-state index in [0.29, 0.717) is 18.5 Å². The van der Waals surface area contributed by atoms with Gasteiger partial charge in [-0.3, -0.25) is 14.4 Å². The molecule has 0 spiro atoms. The molecule has 0 aromatic heterocycles. The molecular formula is C27H41N3O6. The van der Waals surface area contributed by atoms with Crippen LogP contribution in [-0.4, -0.2) is 60.6 Å². The van der Waals surface area contributed by atoms with Gasteiger partial charge in [-0.2, -0.15) is 0 Å².